The van der Waals surface area contributed by atoms with E-state index in [-0.39, 0.29) is 11.8 Å². The summed E-state index contributed by atoms with van der Waals surface area (Å²) in [4.78, 5) is 26.5. The van der Waals surface area contributed by atoms with Gasteiger partial charge in [-0.25, -0.2) is 0 Å². The minimum Gasteiger partial charge on any atom is -0.497 e. The first kappa shape index (κ1) is 19.8. The van der Waals surface area contributed by atoms with Gasteiger partial charge in [-0.15, -0.1) is 0 Å². The van der Waals surface area contributed by atoms with Gasteiger partial charge in [-0.2, -0.15) is 0 Å². The number of carbonyl (C=O) groups excluding carboxylic acids is 2. The van der Waals surface area contributed by atoms with Gasteiger partial charge in [-0.1, -0.05) is 27.7 Å². The molecule has 0 fully saturated rings. The van der Waals surface area contributed by atoms with Crippen molar-refractivity contribution in [1.82, 2.24) is 4.90 Å². The third-order valence-corrected chi connectivity index (χ3v) is 3.31. The molecule has 2 amide bonds. The number of nitrogens with zero attached hydrogens (tertiary/aromatic N) is 1. The highest BCUT2D eigenvalue weighted by atomic mass is 16.5. The lowest BCUT2D eigenvalue weighted by Gasteiger charge is -2.25. The number of carbonyl (C=O) groups is 2. The molecule has 6 heteroatoms. The van der Waals surface area contributed by atoms with Crippen LogP contribution in [-0.4, -0.2) is 44.0 Å². The summed E-state index contributed by atoms with van der Waals surface area (Å²) in [7, 11) is 3.04. The number of hydrogen-bond donors (Lipinski definition) is 1. The number of rotatable bonds is 7. The second-order valence-corrected chi connectivity index (χ2v) is 6.52. The molecule has 0 aliphatic rings. The molecule has 0 saturated heterocycles. The molecule has 1 aromatic rings. The van der Waals surface area contributed by atoms with Crippen molar-refractivity contribution in [3.05, 3.63) is 18.2 Å². The molecule has 24 heavy (non-hydrogen) atoms. The van der Waals surface area contributed by atoms with E-state index in [1.54, 1.807) is 23.1 Å². The Labute approximate surface area is 144 Å². The maximum absolute atomic E-state index is 12.5. The van der Waals surface area contributed by atoms with Crippen LogP contribution in [0.1, 0.15) is 27.7 Å². The van der Waals surface area contributed by atoms with Crippen LogP contribution < -0.4 is 14.8 Å². The molecule has 6 nitrogen and oxygen atoms in total. The van der Waals surface area contributed by atoms with Gasteiger partial charge in [0.2, 0.25) is 0 Å². The summed E-state index contributed by atoms with van der Waals surface area (Å²) in [5, 5.41) is 2.63. The lowest BCUT2D eigenvalue weighted by atomic mass is 10.1. The van der Waals surface area contributed by atoms with Crippen molar-refractivity contribution in [2.45, 2.75) is 27.7 Å². The summed E-state index contributed by atoms with van der Waals surface area (Å²) in [5.41, 5.74) is 0.407. The fourth-order valence-electron chi connectivity index (χ4n) is 2.35. The average molecular weight is 336 g/mol. The van der Waals surface area contributed by atoms with Gasteiger partial charge in [0.1, 0.15) is 11.5 Å². The molecule has 1 aromatic carbocycles. The quantitative estimate of drug-likeness (QED) is 0.778. The number of methoxy groups -OCH3 is 2. The zero-order valence-electron chi connectivity index (χ0n) is 15.4. The molecule has 0 bridgehead atoms. The summed E-state index contributed by atoms with van der Waals surface area (Å²) < 4.78 is 10.4. The normalized spacial score (nSPS) is 10.7. The van der Waals surface area contributed by atoms with E-state index in [1.807, 2.05) is 27.7 Å². The predicted octanol–water partition coefficient (Wildman–Crippen LogP) is 2.78. The van der Waals surface area contributed by atoms with Crippen molar-refractivity contribution in [1.29, 1.82) is 0 Å². The minimum absolute atomic E-state index is 0.284. The molecular weight excluding hydrogens is 308 g/mol. The predicted molar refractivity (Wildman–Crippen MR) is 94.4 cm³/mol. The molecule has 0 saturated carbocycles. The van der Waals surface area contributed by atoms with Gasteiger partial charge in [-0.3, -0.25) is 9.59 Å². The molecule has 0 unspecified atom stereocenters. The Morgan fingerprint density at radius 2 is 1.62 bits per heavy atom. The summed E-state index contributed by atoms with van der Waals surface area (Å²) in [6.07, 6.45) is 0. The van der Waals surface area contributed by atoms with Crippen molar-refractivity contribution < 1.29 is 19.1 Å². The van der Waals surface area contributed by atoms with E-state index in [0.29, 0.717) is 30.3 Å². The zero-order valence-corrected chi connectivity index (χ0v) is 15.4. The summed E-state index contributed by atoms with van der Waals surface area (Å²) in [6.45, 7) is 9.15. The van der Waals surface area contributed by atoms with E-state index in [0.717, 1.165) is 0 Å². The Morgan fingerprint density at radius 1 is 1.04 bits per heavy atom. The molecule has 1 N–H and O–H groups in total. The van der Waals surface area contributed by atoms with Gasteiger partial charge in [0, 0.05) is 19.2 Å². The third kappa shape index (κ3) is 5.76. The Morgan fingerprint density at radius 3 is 2.08 bits per heavy atom. The van der Waals surface area contributed by atoms with Crippen LogP contribution in [0.25, 0.3) is 0 Å². The van der Waals surface area contributed by atoms with Gasteiger partial charge < -0.3 is 19.7 Å². The smallest absolute Gasteiger partial charge is 0.314 e. The molecule has 0 aliphatic carbocycles. The lowest BCUT2D eigenvalue weighted by molar-refractivity contribution is -0.143. The molecular formula is C18H28N2O4. The SMILES string of the molecule is COc1ccc(OC)c(NC(=O)C(=O)N(CC(C)C)CC(C)C)c1. The first-order valence-electron chi connectivity index (χ1n) is 8.10. The van der Waals surface area contributed by atoms with Crippen LogP contribution in [0, 0.1) is 11.8 Å². The van der Waals surface area contributed by atoms with E-state index in [9.17, 15) is 9.59 Å². The third-order valence-electron chi connectivity index (χ3n) is 3.31. The van der Waals surface area contributed by atoms with Crippen molar-refractivity contribution in [2.24, 2.45) is 11.8 Å². The van der Waals surface area contributed by atoms with E-state index in [2.05, 4.69) is 5.32 Å². The topological polar surface area (TPSA) is 67.9 Å². The highest BCUT2D eigenvalue weighted by Crippen LogP contribution is 2.28. The summed E-state index contributed by atoms with van der Waals surface area (Å²) >= 11 is 0. The summed E-state index contributed by atoms with van der Waals surface area (Å²) in [6, 6.07) is 5.03. The molecule has 0 heterocycles. The van der Waals surface area contributed by atoms with Crippen LogP contribution in [0.5, 0.6) is 11.5 Å². The highest BCUT2D eigenvalue weighted by molar-refractivity contribution is 6.39. The second-order valence-electron chi connectivity index (χ2n) is 6.52. The number of hydrogen-bond acceptors (Lipinski definition) is 4. The number of anilines is 1. The second kappa shape index (κ2) is 9.15. The van der Waals surface area contributed by atoms with E-state index in [1.165, 1.54) is 14.2 Å². The van der Waals surface area contributed by atoms with Crippen LogP contribution in [0.2, 0.25) is 0 Å². The Hall–Kier alpha value is -2.24. The maximum Gasteiger partial charge on any atom is 0.314 e. The van der Waals surface area contributed by atoms with Gasteiger partial charge in [-0.05, 0) is 24.0 Å². The molecule has 0 radical (unpaired) electrons. The van der Waals surface area contributed by atoms with Crippen LogP contribution in [-0.2, 0) is 9.59 Å². The molecule has 0 aromatic heterocycles. The fraction of sp³-hybridized carbons (Fsp3) is 0.556. The Kier molecular flexibility index (Phi) is 7.55. The molecule has 0 atom stereocenters. The molecule has 134 valence electrons. The first-order valence-corrected chi connectivity index (χ1v) is 8.10. The maximum atomic E-state index is 12.5. The molecule has 1 rings (SSSR count). The lowest BCUT2D eigenvalue weighted by Crippen LogP contribution is -2.43. The number of benzene rings is 1. The Balaban J connectivity index is 2.93. The largest absolute Gasteiger partial charge is 0.497 e. The minimum atomic E-state index is -0.678. The van der Waals surface area contributed by atoms with Crippen molar-refractivity contribution in [3.63, 3.8) is 0 Å². The molecule has 0 spiro atoms. The van der Waals surface area contributed by atoms with Crippen molar-refractivity contribution in [2.75, 3.05) is 32.6 Å². The fourth-order valence-corrected chi connectivity index (χ4v) is 2.35. The van der Waals surface area contributed by atoms with Crippen LogP contribution in [0.4, 0.5) is 5.69 Å². The average Bonchev–Trinajstić information content (AvgIpc) is 2.52. The van der Waals surface area contributed by atoms with Gasteiger partial charge >= 0.3 is 11.8 Å². The number of nitrogens with one attached hydrogen (secondary N) is 1. The monoisotopic (exact) mass is 336 g/mol. The van der Waals surface area contributed by atoms with E-state index < -0.39 is 11.8 Å². The van der Waals surface area contributed by atoms with Crippen molar-refractivity contribution >= 4 is 17.5 Å². The van der Waals surface area contributed by atoms with Crippen LogP contribution >= 0.6 is 0 Å². The summed E-state index contributed by atoms with van der Waals surface area (Å²) in [5.74, 6) is 0.389. The standard InChI is InChI=1S/C18H28N2O4/c1-12(2)10-20(11-13(3)4)18(22)17(21)19-15-9-14(23-5)7-8-16(15)24-6/h7-9,12-13H,10-11H2,1-6H3,(H,19,21). The van der Waals surface area contributed by atoms with Crippen LogP contribution in [0.3, 0.4) is 0 Å². The van der Waals surface area contributed by atoms with Gasteiger partial charge in [0.15, 0.2) is 0 Å². The number of amides is 2. The van der Waals surface area contributed by atoms with Gasteiger partial charge in [0.05, 0.1) is 19.9 Å². The zero-order chi connectivity index (χ0) is 18.3. The van der Waals surface area contributed by atoms with E-state index >= 15 is 0 Å². The van der Waals surface area contributed by atoms with E-state index in [4.69, 9.17) is 9.47 Å². The van der Waals surface area contributed by atoms with Crippen LogP contribution in [0.15, 0.2) is 18.2 Å². The molecule has 0 aliphatic heterocycles. The van der Waals surface area contributed by atoms with Crippen molar-refractivity contribution in [3.8, 4) is 11.5 Å². The highest BCUT2D eigenvalue weighted by Gasteiger charge is 2.24. The van der Waals surface area contributed by atoms with Gasteiger partial charge in [0.25, 0.3) is 0 Å². The number of ether oxygens (including phenoxy) is 2. The first-order chi connectivity index (χ1) is 11.3. The Bertz CT molecular complexity index is 560.